The van der Waals surface area contributed by atoms with Crippen molar-refractivity contribution in [3.63, 3.8) is 0 Å². The number of aliphatic hydroxyl groups excluding tert-OH is 2. The van der Waals surface area contributed by atoms with E-state index >= 15 is 0 Å². The Morgan fingerprint density at radius 1 is 1.43 bits per heavy atom. The molecule has 0 rings (SSSR count). The van der Waals surface area contributed by atoms with E-state index < -0.39 is 21.7 Å². The van der Waals surface area contributed by atoms with Crippen LogP contribution in [0.1, 0.15) is 20.3 Å². The minimum Gasteiger partial charge on any atom is -0.745 e. The minimum absolute atomic E-state index is 0.223. The zero-order chi connectivity index (χ0) is 11.4. The molecule has 0 aliphatic heterocycles. The molecule has 0 aromatic heterocycles. The molecular weight excluding hydrogens is 210 g/mol. The van der Waals surface area contributed by atoms with Crippen LogP contribution in [0.25, 0.3) is 0 Å². The summed E-state index contributed by atoms with van der Waals surface area (Å²) in [6.07, 6.45) is 0.475. The van der Waals surface area contributed by atoms with Gasteiger partial charge in [-0.25, -0.2) is 8.42 Å². The minimum atomic E-state index is -4.76. The van der Waals surface area contributed by atoms with Gasteiger partial charge in [-0.3, -0.25) is 5.32 Å². The van der Waals surface area contributed by atoms with Gasteiger partial charge in [0.05, 0.1) is 6.61 Å². The number of hydrogen-bond donors (Lipinski definition) is 3. The van der Waals surface area contributed by atoms with E-state index in [-0.39, 0.29) is 12.5 Å². The van der Waals surface area contributed by atoms with Crippen molar-refractivity contribution in [2.45, 2.75) is 31.9 Å². The van der Waals surface area contributed by atoms with Crippen molar-refractivity contribution in [3.05, 3.63) is 0 Å². The maximum Gasteiger partial charge on any atom is 0.197 e. The summed E-state index contributed by atoms with van der Waals surface area (Å²) < 4.78 is 31.0. The highest BCUT2D eigenvalue weighted by atomic mass is 32.2. The summed E-state index contributed by atoms with van der Waals surface area (Å²) in [6.45, 7) is 3.43. The average Bonchev–Trinajstić information content (AvgIpc) is 2.00. The Kier molecular flexibility index (Phi) is 5.53. The molecule has 0 spiro atoms. The maximum atomic E-state index is 10.3. The van der Waals surface area contributed by atoms with Crippen LogP contribution >= 0.6 is 0 Å². The molecule has 2 unspecified atom stereocenters. The molecule has 0 saturated carbocycles. The zero-order valence-corrected chi connectivity index (χ0v) is 8.99. The van der Waals surface area contributed by atoms with Crippen molar-refractivity contribution < 1.29 is 23.2 Å². The summed E-state index contributed by atoms with van der Waals surface area (Å²) in [5.74, 6) is 0.223. The van der Waals surface area contributed by atoms with Crippen molar-refractivity contribution in [1.82, 2.24) is 5.32 Å². The SMILES string of the molecule is CC(C)CC(CO)NC(O)S(=O)(=O)[O-]. The quantitative estimate of drug-likeness (QED) is 0.388. The van der Waals surface area contributed by atoms with Crippen molar-refractivity contribution in [2.24, 2.45) is 5.92 Å². The Morgan fingerprint density at radius 3 is 2.21 bits per heavy atom. The van der Waals surface area contributed by atoms with Gasteiger partial charge in [0.15, 0.2) is 5.56 Å². The molecule has 7 heteroatoms. The van der Waals surface area contributed by atoms with Crippen LogP contribution in [0, 0.1) is 5.92 Å². The number of hydrogen-bond acceptors (Lipinski definition) is 6. The summed E-state index contributed by atoms with van der Waals surface area (Å²) >= 11 is 0. The molecule has 0 aromatic rings. The molecule has 2 atom stereocenters. The third-order valence-electron chi connectivity index (χ3n) is 1.63. The van der Waals surface area contributed by atoms with Gasteiger partial charge in [0, 0.05) is 6.04 Å². The standard InChI is InChI=1S/C7H17NO5S/c1-5(2)3-6(4-9)8-7(10)14(11,12)13/h5-10H,3-4H2,1-2H3,(H,11,12,13)/p-1. The second-order valence-corrected chi connectivity index (χ2v) is 4.95. The Labute approximate surface area is 83.7 Å². The first-order valence-electron chi connectivity index (χ1n) is 4.27. The lowest BCUT2D eigenvalue weighted by Crippen LogP contribution is -2.45. The molecule has 0 amide bonds. The fraction of sp³-hybridized carbons (Fsp3) is 1.00. The van der Waals surface area contributed by atoms with E-state index in [2.05, 4.69) is 5.32 Å². The van der Waals surface area contributed by atoms with E-state index in [1.807, 2.05) is 13.8 Å². The van der Waals surface area contributed by atoms with Gasteiger partial charge in [-0.1, -0.05) is 13.8 Å². The van der Waals surface area contributed by atoms with Crippen LogP contribution in [0.15, 0.2) is 0 Å². The van der Waals surface area contributed by atoms with Gasteiger partial charge in [0.1, 0.15) is 10.1 Å². The van der Waals surface area contributed by atoms with Crippen molar-refractivity contribution in [1.29, 1.82) is 0 Å². The van der Waals surface area contributed by atoms with Gasteiger partial charge < -0.3 is 14.8 Å². The van der Waals surface area contributed by atoms with E-state index in [1.165, 1.54) is 0 Å². The lowest BCUT2D eigenvalue weighted by atomic mass is 10.1. The first-order chi connectivity index (χ1) is 6.27. The number of nitrogens with one attached hydrogen (secondary N) is 1. The van der Waals surface area contributed by atoms with Crippen molar-refractivity contribution in [3.8, 4) is 0 Å². The van der Waals surface area contributed by atoms with Crippen LogP contribution < -0.4 is 5.32 Å². The van der Waals surface area contributed by atoms with Gasteiger partial charge in [0.2, 0.25) is 0 Å². The molecule has 14 heavy (non-hydrogen) atoms. The van der Waals surface area contributed by atoms with E-state index in [0.717, 1.165) is 0 Å². The molecule has 0 heterocycles. The average molecular weight is 226 g/mol. The molecular formula is C7H16NO5S-. The fourth-order valence-electron chi connectivity index (χ4n) is 1.05. The zero-order valence-electron chi connectivity index (χ0n) is 8.17. The lowest BCUT2D eigenvalue weighted by Gasteiger charge is -2.23. The monoisotopic (exact) mass is 226 g/mol. The predicted octanol–water partition coefficient (Wildman–Crippen LogP) is -1.20. The molecule has 0 aromatic carbocycles. The van der Waals surface area contributed by atoms with E-state index in [9.17, 15) is 13.0 Å². The Hall–Kier alpha value is -0.210. The Bertz CT molecular complexity index is 251. The van der Waals surface area contributed by atoms with Gasteiger partial charge in [-0.2, -0.15) is 0 Å². The van der Waals surface area contributed by atoms with Gasteiger partial charge in [-0.05, 0) is 12.3 Å². The second-order valence-electron chi connectivity index (χ2n) is 3.52. The van der Waals surface area contributed by atoms with Crippen LogP contribution in [-0.2, 0) is 10.1 Å². The van der Waals surface area contributed by atoms with Gasteiger partial charge >= 0.3 is 0 Å². The molecule has 0 bridgehead atoms. The topological polar surface area (TPSA) is 110 Å². The van der Waals surface area contributed by atoms with Gasteiger partial charge in [0.25, 0.3) is 0 Å². The Morgan fingerprint density at radius 2 is 1.93 bits per heavy atom. The van der Waals surface area contributed by atoms with Crippen LogP contribution in [-0.4, -0.2) is 41.4 Å². The fourth-order valence-corrected chi connectivity index (χ4v) is 1.41. The largest absolute Gasteiger partial charge is 0.745 e. The molecule has 86 valence electrons. The van der Waals surface area contributed by atoms with E-state index in [1.54, 1.807) is 0 Å². The van der Waals surface area contributed by atoms with E-state index in [0.29, 0.717) is 6.42 Å². The smallest absolute Gasteiger partial charge is 0.197 e. The Balaban J connectivity index is 4.19. The van der Waals surface area contributed by atoms with Crippen LogP contribution in [0.3, 0.4) is 0 Å². The molecule has 0 saturated heterocycles. The first kappa shape index (κ1) is 13.8. The molecule has 6 nitrogen and oxygen atoms in total. The molecule has 0 aliphatic carbocycles. The van der Waals surface area contributed by atoms with Crippen LogP contribution in [0.4, 0.5) is 0 Å². The van der Waals surface area contributed by atoms with Crippen LogP contribution in [0.5, 0.6) is 0 Å². The summed E-state index contributed by atoms with van der Waals surface area (Å²) in [4.78, 5) is 0. The second kappa shape index (κ2) is 5.62. The summed E-state index contributed by atoms with van der Waals surface area (Å²) in [5, 5.41) is 19.8. The highest BCUT2D eigenvalue weighted by Crippen LogP contribution is 2.05. The summed E-state index contributed by atoms with van der Waals surface area (Å²) in [5.41, 5.74) is -2.15. The molecule has 0 aliphatic rings. The predicted molar refractivity (Wildman–Crippen MR) is 49.2 cm³/mol. The highest BCUT2D eigenvalue weighted by molar-refractivity contribution is 7.86. The van der Waals surface area contributed by atoms with Crippen LogP contribution in [0.2, 0.25) is 0 Å². The number of rotatable bonds is 6. The molecule has 0 radical (unpaired) electrons. The van der Waals surface area contributed by atoms with Gasteiger partial charge in [-0.15, -0.1) is 0 Å². The highest BCUT2D eigenvalue weighted by Gasteiger charge is 2.17. The third-order valence-corrected chi connectivity index (χ3v) is 2.31. The normalized spacial score (nSPS) is 17.0. The molecule has 0 fully saturated rings. The maximum absolute atomic E-state index is 10.3. The van der Waals surface area contributed by atoms with Crippen molar-refractivity contribution in [2.75, 3.05) is 6.61 Å². The number of aliphatic hydroxyl groups is 2. The first-order valence-corrected chi connectivity index (χ1v) is 5.74. The summed E-state index contributed by atoms with van der Waals surface area (Å²) in [6, 6.07) is -0.589. The summed E-state index contributed by atoms with van der Waals surface area (Å²) in [7, 11) is -4.76. The molecule has 3 N–H and O–H groups in total. The van der Waals surface area contributed by atoms with E-state index in [4.69, 9.17) is 10.2 Å². The lowest BCUT2D eigenvalue weighted by molar-refractivity contribution is 0.142. The van der Waals surface area contributed by atoms with Crippen molar-refractivity contribution >= 4 is 10.1 Å². The third kappa shape index (κ3) is 5.51.